The van der Waals surface area contributed by atoms with Crippen molar-refractivity contribution in [1.82, 2.24) is 0 Å². The van der Waals surface area contributed by atoms with Crippen LogP contribution < -0.4 is 4.74 Å². The zero-order valence-electron chi connectivity index (χ0n) is 20.9. The molecule has 36 heavy (non-hydrogen) atoms. The van der Waals surface area contributed by atoms with E-state index in [-0.39, 0.29) is 24.3 Å². The van der Waals surface area contributed by atoms with Gasteiger partial charge in [0.15, 0.2) is 0 Å². The van der Waals surface area contributed by atoms with Gasteiger partial charge in [-0.25, -0.2) is 13.6 Å². The van der Waals surface area contributed by atoms with Gasteiger partial charge in [0.2, 0.25) is 0 Å². The number of hydrogen-bond acceptors (Lipinski definition) is 4. The number of ether oxygens (including phenoxy) is 2. The molecule has 0 N–H and O–H groups in total. The van der Waals surface area contributed by atoms with E-state index in [4.69, 9.17) is 9.47 Å². The second-order valence-corrected chi connectivity index (χ2v) is 7.53. The van der Waals surface area contributed by atoms with Crippen molar-refractivity contribution in [3.8, 4) is 5.75 Å². The fourth-order valence-electron chi connectivity index (χ4n) is 2.87. The third-order valence-electron chi connectivity index (χ3n) is 4.63. The van der Waals surface area contributed by atoms with Gasteiger partial charge in [-0.1, -0.05) is 72.9 Å². The van der Waals surface area contributed by atoms with Crippen molar-refractivity contribution in [2.45, 2.75) is 51.9 Å². The largest absolute Gasteiger partial charge is 0.462 e. The first-order valence-corrected chi connectivity index (χ1v) is 12.2. The average Bonchev–Trinajstić information content (AvgIpc) is 2.86. The van der Waals surface area contributed by atoms with Crippen LogP contribution in [-0.4, -0.2) is 25.2 Å². The van der Waals surface area contributed by atoms with Crippen LogP contribution >= 0.6 is 0 Å². The van der Waals surface area contributed by atoms with E-state index >= 15 is 0 Å². The van der Waals surface area contributed by atoms with Crippen molar-refractivity contribution in [2.75, 3.05) is 13.3 Å². The summed E-state index contributed by atoms with van der Waals surface area (Å²) in [5, 5.41) is 0. The number of halogens is 2. The quantitative estimate of drug-likeness (QED) is 0.124. The lowest BCUT2D eigenvalue weighted by Crippen LogP contribution is -2.12. The van der Waals surface area contributed by atoms with Crippen molar-refractivity contribution < 1.29 is 27.8 Å². The van der Waals surface area contributed by atoms with Crippen LogP contribution in [0, 0.1) is 5.82 Å². The summed E-state index contributed by atoms with van der Waals surface area (Å²) < 4.78 is 35.4. The lowest BCUT2D eigenvalue weighted by molar-refractivity contribution is -0.134. The Morgan fingerprint density at radius 3 is 1.78 bits per heavy atom. The molecular weight excluding hydrogens is 462 g/mol. The monoisotopic (exact) mass is 498 g/mol. The predicted molar refractivity (Wildman–Crippen MR) is 141 cm³/mol. The molecule has 0 aliphatic rings. The van der Waals surface area contributed by atoms with Crippen LogP contribution in [0.3, 0.4) is 0 Å². The summed E-state index contributed by atoms with van der Waals surface area (Å²) in [6.07, 6.45) is 28.7. The lowest BCUT2D eigenvalue weighted by atomic mass is 10.2. The smallest absolute Gasteiger partial charge is 0.342 e. The average molecular weight is 499 g/mol. The van der Waals surface area contributed by atoms with Crippen molar-refractivity contribution in [3.05, 3.63) is 102 Å². The fourth-order valence-corrected chi connectivity index (χ4v) is 2.87. The first kappa shape index (κ1) is 30.5. The Bertz CT molecular complexity index is 956. The third kappa shape index (κ3) is 15.4. The van der Waals surface area contributed by atoms with E-state index in [1.54, 1.807) is 6.92 Å². The molecule has 0 atom stereocenters. The summed E-state index contributed by atoms with van der Waals surface area (Å²) in [6.45, 7) is 1.37. The number of rotatable bonds is 17. The molecule has 0 spiro atoms. The molecular formula is C30H36F2O4. The Hall–Kier alpha value is -3.54. The third-order valence-corrected chi connectivity index (χ3v) is 4.63. The summed E-state index contributed by atoms with van der Waals surface area (Å²) >= 11 is 0. The van der Waals surface area contributed by atoms with Crippen LogP contribution in [0.25, 0.3) is 0 Å². The topological polar surface area (TPSA) is 52.6 Å². The second kappa shape index (κ2) is 20.8. The van der Waals surface area contributed by atoms with E-state index in [1.165, 1.54) is 12.1 Å². The minimum absolute atomic E-state index is 0.00800. The van der Waals surface area contributed by atoms with Gasteiger partial charge in [0.05, 0.1) is 6.61 Å². The maximum Gasteiger partial charge on any atom is 0.342 e. The van der Waals surface area contributed by atoms with Gasteiger partial charge in [-0.2, -0.15) is 0 Å². The van der Waals surface area contributed by atoms with Gasteiger partial charge in [-0.15, -0.1) is 0 Å². The molecule has 0 amide bonds. The van der Waals surface area contributed by atoms with Gasteiger partial charge in [0.1, 0.15) is 23.8 Å². The van der Waals surface area contributed by atoms with Gasteiger partial charge in [0.25, 0.3) is 0 Å². The van der Waals surface area contributed by atoms with Gasteiger partial charge in [0, 0.05) is 6.42 Å². The van der Waals surface area contributed by atoms with Crippen molar-refractivity contribution >= 4 is 11.9 Å². The first-order chi connectivity index (χ1) is 17.6. The highest BCUT2D eigenvalue weighted by Crippen LogP contribution is 2.21. The minimum Gasteiger partial charge on any atom is -0.462 e. The lowest BCUT2D eigenvalue weighted by Gasteiger charge is -2.09. The molecule has 0 heterocycles. The Kier molecular flexibility index (Phi) is 17.6. The Labute approximate surface area is 213 Å². The Morgan fingerprint density at radius 1 is 0.778 bits per heavy atom. The van der Waals surface area contributed by atoms with Crippen molar-refractivity contribution in [2.24, 2.45) is 0 Å². The SMILES string of the molecule is CCOC(=O)c1cc(F)ccc1OC(=O)CC/C=C\C/C=C\C/C=C\C/C=C\C/C=C\C/C=C\CF. The van der Waals surface area contributed by atoms with Gasteiger partial charge < -0.3 is 9.47 Å². The number of hydrogen-bond donors (Lipinski definition) is 0. The van der Waals surface area contributed by atoms with E-state index in [1.807, 2.05) is 24.3 Å². The molecule has 1 aromatic carbocycles. The maximum absolute atomic E-state index is 13.4. The number of carbonyl (C=O) groups is 2. The first-order valence-electron chi connectivity index (χ1n) is 12.2. The number of carbonyl (C=O) groups excluding carboxylic acids is 2. The summed E-state index contributed by atoms with van der Waals surface area (Å²) in [5.41, 5.74) is -0.108. The minimum atomic E-state index is -0.734. The van der Waals surface area contributed by atoms with Crippen LogP contribution in [-0.2, 0) is 9.53 Å². The standard InChI is InChI=1S/C30H36F2O4/c1-2-35-30(34)27-25-26(32)22-23-28(27)36-29(33)21-19-17-15-13-11-9-7-5-3-4-6-8-10-12-14-16-18-20-24-31/h3,5-6,8-9,11-12,14-15,17-18,20,22-23,25H,2,4,7,10,13,16,19,21,24H2,1H3/b5-3-,8-6-,11-9-,14-12-,17-15-,20-18-. The summed E-state index contributed by atoms with van der Waals surface area (Å²) in [4.78, 5) is 24.0. The molecule has 4 nitrogen and oxygen atoms in total. The molecule has 0 aliphatic heterocycles. The molecule has 0 aromatic heterocycles. The second-order valence-electron chi connectivity index (χ2n) is 7.53. The van der Waals surface area contributed by atoms with Crippen LogP contribution in [0.1, 0.15) is 62.2 Å². The number of allylic oxidation sites excluding steroid dienone is 12. The zero-order chi connectivity index (χ0) is 26.3. The molecule has 0 aliphatic carbocycles. The van der Waals surface area contributed by atoms with E-state index in [0.717, 1.165) is 44.2 Å². The highest BCUT2D eigenvalue weighted by atomic mass is 19.1. The molecule has 1 rings (SSSR count). The highest BCUT2D eigenvalue weighted by Gasteiger charge is 2.17. The predicted octanol–water partition coefficient (Wildman–Crippen LogP) is 7.95. The van der Waals surface area contributed by atoms with E-state index < -0.39 is 24.4 Å². The number of benzene rings is 1. The molecule has 0 saturated carbocycles. The van der Waals surface area contributed by atoms with Crippen LogP contribution in [0.15, 0.2) is 91.1 Å². The van der Waals surface area contributed by atoms with Gasteiger partial charge >= 0.3 is 11.9 Å². The molecule has 6 heteroatoms. The summed E-state index contributed by atoms with van der Waals surface area (Å²) in [7, 11) is 0. The Balaban J connectivity index is 2.19. The molecule has 0 bridgehead atoms. The molecule has 0 unspecified atom stereocenters. The summed E-state index contributed by atoms with van der Waals surface area (Å²) in [5.74, 6) is -1.86. The normalized spacial score (nSPS) is 12.3. The van der Waals surface area contributed by atoms with E-state index in [0.29, 0.717) is 6.42 Å². The number of alkyl halides is 1. The van der Waals surface area contributed by atoms with E-state index in [2.05, 4.69) is 42.5 Å². The molecule has 194 valence electrons. The van der Waals surface area contributed by atoms with Gasteiger partial charge in [-0.3, -0.25) is 4.79 Å². The number of esters is 2. The highest BCUT2D eigenvalue weighted by molar-refractivity contribution is 5.93. The summed E-state index contributed by atoms with van der Waals surface area (Å²) in [6, 6.07) is 3.37. The zero-order valence-corrected chi connectivity index (χ0v) is 20.9. The van der Waals surface area contributed by atoms with Gasteiger partial charge in [-0.05, 0) is 63.6 Å². The molecule has 0 fully saturated rings. The Morgan fingerprint density at radius 2 is 1.28 bits per heavy atom. The molecule has 0 saturated heterocycles. The van der Waals surface area contributed by atoms with Crippen molar-refractivity contribution in [1.29, 1.82) is 0 Å². The van der Waals surface area contributed by atoms with Crippen LogP contribution in [0.2, 0.25) is 0 Å². The fraction of sp³-hybridized carbons (Fsp3) is 0.333. The maximum atomic E-state index is 13.4. The molecule has 1 aromatic rings. The van der Waals surface area contributed by atoms with Crippen molar-refractivity contribution in [3.63, 3.8) is 0 Å². The van der Waals surface area contributed by atoms with Crippen LogP contribution in [0.5, 0.6) is 5.75 Å². The molecule has 0 radical (unpaired) electrons. The van der Waals surface area contributed by atoms with E-state index in [9.17, 15) is 18.4 Å². The van der Waals surface area contributed by atoms with Crippen LogP contribution in [0.4, 0.5) is 8.78 Å².